The third kappa shape index (κ3) is 3.06. The van der Waals surface area contributed by atoms with Gasteiger partial charge in [0.1, 0.15) is 0 Å². The topological polar surface area (TPSA) is 20.3 Å². The van der Waals surface area contributed by atoms with E-state index in [4.69, 9.17) is 0 Å². The fourth-order valence-electron chi connectivity index (χ4n) is 2.52. The van der Waals surface area contributed by atoms with E-state index >= 15 is 0 Å². The van der Waals surface area contributed by atoms with Crippen molar-refractivity contribution < 1.29 is 4.79 Å². The molecule has 1 aromatic rings. The first-order valence-corrected chi connectivity index (χ1v) is 7.34. The first-order chi connectivity index (χ1) is 9.25. The third-order valence-corrected chi connectivity index (χ3v) is 3.72. The van der Waals surface area contributed by atoms with Crippen LogP contribution in [0.4, 0.5) is 5.69 Å². The number of benzene rings is 1. The van der Waals surface area contributed by atoms with Gasteiger partial charge in [-0.05, 0) is 31.9 Å². The normalized spacial score (nSPS) is 20.7. The number of rotatable bonds is 6. The molecule has 2 heteroatoms. The maximum Gasteiger partial charge on any atom is 0.240 e. The molecule has 2 nitrogen and oxygen atoms in total. The molecule has 0 spiro atoms. The van der Waals surface area contributed by atoms with Gasteiger partial charge in [-0.15, -0.1) is 0 Å². The minimum Gasteiger partial charge on any atom is -0.284 e. The van der Waals surface area contributed by atoms with Crippen molar-refractivity contribution in [2.45, 2.75) is 46.0 Å². The molecule has 1 heterocycles. The molecule has 1 aliphatic rings. The van der Waals surface area contributed by atoms with Crippen molar-refractivity contribution in [3.63, 3.8) is 0 Å². The van der Waals surface area contributed by atoms with E-state index in [1.807, 2.05) is 42.2 Å². The van der Waals surface area contributed by atoms with Crippen LogP contribution in [0.5, 0.6) is 0 Å². The maximum atomic E-state index is 12.0. The molecular formula is C17H23NO. The Hall–Kier alpha value is -1.57. The predicted octanol–water partition coefficient (Wildman–Crippen LogP) is 4.52. The van der Waals surface area contributed by atoms with Gasteiger partial charge >= 0.3 is 0 Å². The molecule has 0 N–H and O–H groups in total. The molecule has 0 aromatic heterocycles. The number of carbonyl (C=O) groups excluding carboxylic acids is 1. The quantitative estimate of drug-likeness (QED) is 0.542. The van der Waals surface area contributed by atoms with Gasteiger partial charge in [-0.2, -0.15) is 0 Å². The molecule has 1 fully saturated rings. The third-order valence-electron chi connectivity index (χ3n) is 3.72. The molecule has 0 radical (unpaired) electrons. The van der Waals surface area contributed by atoms with Crippen LogP contribution in [-0.2, 0) is 4.79 Å². The van der Waals surface area contributed by atoms with E-state index in [9.17, 15) is 4.79 Å². The van der Waals surface area contributed by atoms with Crippen LogP contribution in [0.3, 0.4) is 0 Å². The van der Waals surface area contributed by atoms with Gasteiger partial charge in [0.2, 0.25) is 5.91 Å². The average Bonchev–Trinajstić information content (AvgIpc) is 2.46. The second kappa shape index (κ2) is 6.55. The number of β-lactam (4-membered cyclic amide) rings is 1. The van der Waals surface area contributed by atoms with Crippen molar-refractivity contribution in [1.82, 2.24) is 0 Å². The summed E-state index contributed by atoms with van der Waals surface area (Å²) >= 11 is 0. The van der Waals surface area contributed by atoms with Crippen LogP contribution in [0, 0.1) is 5.92 Å². The number of nitrogens with zero attached hydrogens (tertiary/aromatic N) is 1. The standard InChI is InChI=1S/C17H23NO/c1-3-4-5-6-10-13-16-14(2)17(19)18(16)15-11-8-7-9-12-15/h7-9,11-14H,3-6,10H2,1-2H3/b16-13+. The maximum absolute atomic E-state index is 12.0. The Morgan fingerprint density at radius 3 is 2.58 bits per heavy atom. The van der Waals surface area contributed by atoms with Crippen LogP contribution in [0.2, 0.25) is 0 Å². The molecule has 1 saturated heterocycles. The number of para-hydroxylation sites is 1. The highest BCUT2D eigenvalue weighted by molar-refractivity contribution is 6.07. The van der Waals surface area contributed by atoms with Crippen molar-refractivity contribution in [3.05, 3.63) is 42.1 Å². The summed E-state index contributed by atoms with van der Waals surface area (Å²) in [6.45, 7) is 4.22. The molecule has 0 aliphatic carbocycles. The van der Waals surface area contributed by atoms with Crippen LogP contribution in [0.1, 0.15) is 46.0 Å². The van der Waals surface area contributed by atoms with Gasteiger partial charge in [0.05, 0.1) is 5.92 Å². The molecule has 2 rings (SSSR count). The number of unbranched alkanes of at least 4 members (excludes halogenated alkanes) is 4. The van der Waals surface area contributed by atoms with Crippen molar-refractivity contribution >= 4 is 11.6 Å². The molecule has 0 saturated carbocycles. The lowest BCUT2D eigenvalue weighted by Gasteiger charge is -2.40. The highest BCUT2D eigenvalue weighted by atomic mass is 16.2. The zero-order valence-corrected chi connectivity index (χ0v) is 11.9. The Balaban J connectivity index is 1.99. The minimum atomic E-state index is 0.0615. The number of hydrogen-bond donors (Lipinski definition) is 0. The Bertz CT molecular complexity index is 450. The van der Waals surface area contributed by atoms with E-state index < -0.39 is 0 Å². The van der Waals surface area contributed by atoms with E-state index in [1.54, 1.807) is 0 Å². The van der Waals surface area contributed by atoms with Crippen molar-refractivity contribution in [3.8, 4) is 0 Å². The summed E-state index contributed by atoms with van der Waals surface area (Å²) in [5.74, 6) is 0.275. The summed E-state index contributed by atoms with van der Waals surface area (Å²) in [5, 5.41) is 0. The van der Waals surface area contributed by atoms with Crippen LogP contribution in [0.15, 0.2) is 42.1 Å². The number of hydrogen-bond acceptors (Lipinski definition) is 1. The Labute approximate surface area is 116 Å². The van der Waals surface area contributed by atoms with Crippen LogP contribution in [-0.4, -0.2) is 5.91 Å². The monoisotopic (exact) mass is 257 g/mol. The summed E-state index contributed by atoms with van der Waals surface area (Å²) in [7, 11) is 0. The lowest BCUT2D eigenvalue weighted by molar-refractivity contribution is -0.124. The predicted molar refractivity (Wildman–Crippen MR) is 79.9 cm³/mol. The highest BCUT2D eigenvalue weighted by Crippen LogP contribution is 2.35. The van der Waals surface area contributed by atoms with Gasteiger partial charge in [0, 0.05) is 11.4 Å². The van der Waals surface area contributed by atoms with Gasteiger partial charge in [-0.3, -0.25) is 9.69 Å². The largest absolute Gasteiger partial charge is 0.284 e. The van der Waals surface area contributed by atoms with Crippen molar-refractivity contribution in [1.29, 1.82) is 0 Å². The Kier molecular flexibility index (Phi) is 4.78. The summed E-state index contributed by atoms with van der Waals surface area (Å²) in [5.41, 5.74) is 2.16. The highest BCUT2D eigenvalue weighted by Gasteiger charge is 2.39. The second-order valence-electron chi connectivity index (χ2n) is 5.21. The molecule has 19 heavy (non-hydrogen) atoms. The fourth-order valence-corrected chi connectivity index (χ4v) is 2.52. The Morgan fingerprint density at radius 1 is 1.16 bits per heavy atom. The lowest BCUT2D eigenvalue weighted by Crippen LogP contribution is -2.49. The molecule has 1 aromatic carbocycles. The molecule has 1 amide bonds. The van der Waals surface area contributed by atoms with Crippen LogP contribution in [0.25, 0.3) is 0 Å². The molecule has 102 valence electrons. The lowest BCUT2D eigenvalue weighted by atomic mass is 9.92. The summed E-state index contributed by atoms with van der Waals surface area (Å²) in [6.07, 6.45) is 8.40. The van der Waals surface area contributed by atoms with Crippen molar-refractivity contribution in [2.24, 2.45) is 5.92 Å². The van der Waals surface area contributed by atoms with E-state index in [1.165, 1.54) is 31.4 Å². The van der Waals surface area contributed by atoms with E-state index in [0.717, 1.165) is 12.1 Å². The Morgan fingerprint density at radius 2 is 1.89 bits per heavy atom. The number of allylic oxidation sites excluding steroid dienone is 1. The van der Waals surface area contributed by atoms with E-state index in [0.29, 0.717) is 0 Å². The SMILES string of the molecule is CCCCCC/C=C1\C(C)C(=O)N1c1ccccc1. The van der Waals surface area contributed by atoms with Crippen LogP contribution < -0.4 is 4.90 Å². The van der Waals surface area contributed by atoms with Gasteiger partial charge < -0.3 is 0 Å². The molecule has 1 aliphatic heterocycles. The number of carbonyl (C=O) groups is 1. The van der Waals surface area contributed by atoms with Gasteiger partial charge in [-0.1, -0.05) is 50.5 Å². The van der Waals surface area contributed by atoms with Gasteiger partial charge in [-0.25, -0.2) is 0 Å². The van der Waals surface area contributed by atoms with E-state index in [2.05, 4.69) is 13.0 Å². The first-order valence-electron chi connectivity index (χ1n) is 7.34. The molecule has 1 atom stereocenters. The molecule has 0 bridgehead atoms. The first kappa shape index (κ1) is 13.9. The molecular weight excluding hydrogens is 234 g/mol. The smallest absolute Gasteiger partial charge is 0.240 e. The zero-order valence-electron chi connectivity index (χ0n) is 11.9. The van der Waals surface area contributed by atoms with Crippen LogP contribution >= 0.6 is 0 Å². The fraction of sp³-hybridized carbons (Fsp3) is 0.471. The van der Waals surface area contributed by atoms with Crippen molar-refractivity contribution in [2.75, 3.05) is 4.90 Å². The average molecular weight is 257 g/mol. The summed E-state index contributed by atoms with van der Waals surface area (Å²) in [4.78, 5) is 13.8. The zero-order chi connectivity index (χ0) is 13.7. The minimum absolute atomic E-state index is 0.0615. The van der Waals surface area contributed by atoms with Gasteiger partial charge in [0.25, 0.3) is 0 Å². The van der Waals surface area contributed by atoms with E-state index in [-0.39, 0.29) is 11.8 Å². The number of amides is 1. The number of anilines is 1. The van der Waals surface area contributed by atoms with Gasteiger partial charge in [0.15, 0.2) is 0 Å². The summed E-state index contributed by atoms with van der Waals surface area (Å²) < 4.78 is 0. The molecule has 1 unspecified atom stereocenters. The second-order valence-corrected chi connectivity index (χ2v) is 5.21. The summed E-state index contributed by atoms with van der Waals surface area (Å²) in [6, 6.07) is 9.92.